The van der Waals surface area contributed by atoms with Gasteiger partial charge in [-0.3, -0.25) is 0 Å². The number of aryl methyl sites for hydroxylation is 1. The topological polar surface area (TPSA) is 45.8 Å². The zero-order valence-electron chi connectivity index (χ0n) is 12.4. The van der Waals surface area contributed by atoms with E-state index in [1.54, 1.807) is 0 Å². The molecule has 1 unspecified atom stereocenters. The van der Waals surface area contributed by atoms with E-state index in [2.05, 4.69) is 18.7 Å². The van der Waals surface area contributed by atoms with E-state index in [4.69, 9.17) is 9.15 Å². The van der Waals surface area contributed by atoms with Gasteiger partial charge in [0.15, 0.2) is 5.76 Å². The van der Waals surface area contributed by atoms with Crippen molar-refractivity contribution >= 4 is 11.0 Å². The molecule has 1 aromatic heterocycles. The first kappa shape index (κ1) is 15.0. The highest BCUT2D eigenvalue weighted by Crippen LogP contribution is 2.29. The molecule has 2 rings (SSSR count). The van der Waals surface area contributed by atoms with Crippen molar-refractivity contribution in [2.24, 2.45) is 0 Å². The van der Waals surface area contributed by atoms with Crippen LogP contribution in [0.4, 0.5) is 0 Å². The molecular formula is C16H23NO3. The van der Waals surface area contributed by atoms with Gasteiger partial charge in [0.25, 0.3) is 0 Å². The van der Waals surface area contributed by atoms with Crippen molar-refractivity contribution in [3.8, 4) is 0 Å². The normalized spacial score (nSPS) is 13.2. The molecule has 1 atom stereocenters. The Kier molecular flexibility index (Phi) is 5.17. The van der Waals surface area contributed by atoms with Crippen molar-refractivity contribution in [2.75, 3.05) is 26.2 Å². The summed E-state index contributed by atoms with van der Waals surface area (Å²) in [6, 6.07) is 7.76. The Labute approximate surface area is 119 Å². The molecule has 0 bridgehead atoms. The lowest BCUT2D eigenvalue weighted by Crippen LogP contribution is -2.27. The number of benzene rings is 1. The zero-order chi connectivity index (χ0) is 14.5. The quantitative estimate of drug-likeness (QED) is 0.790. The molecule has 20 heavy (non-hydrogen) atoms. The highest BCUT2D eigenvalue weighted by molar-refractivity contribution is 5.81. The first-order chi connectivity index (χ1) is 9.67. The number of nitrogens with zero attached hydrogens (tertiary/aromatic N) is 1. The van der Waals surface area contributed by atoms with Crippen molar-refractivity contribution in [1.82, 2.24) is 4.90 Å². The summed E-state index contributed by atoms with van der Waals surface area (Å²) >= 11 is 0. The van der Waals surface area contributed by atoms with Crippen molar-refractivity contribution in [3.63, 3.8) is 0 Å². The summed E-state index contributed by atoms with van der Waals surface area (Å²) in [4.78, 5) is 2.25. The average molecular weight is 277 g/mol. The molecule has 1 heterocycles. The Morgan fingerprint density at radius 1 is 1.25 bits per heavy atom. The lowest BCUT2D eigenvalue weighted by Gasteiger charge is -2.18. The predicted octanol–water partition coefficient (Wildman–Crippen LogP) is 3.09. The number of likely N-dealkylation sites (N-methyl/N-ethyl adjacent to an activating group) is 1. The highest BCUT2D eigenvalue weighted by atomic mass is 16.6. The molecule has 2 aromatic rings. The average Bonchev–Trinajstić information content (AvgIpc) is 2.81. The van der Waals surface area contributed by atoms with Crippen molar-refractivity contribution in [2.45, 2.75) is 27.1 Å². The second kappa shape index (κ2) is 6.88. The van der Waals surface area contributed by atoms with Gasteiger partial charge >= 0.3 is 0 Å². The number of aliphatic hydroxyl groups excluding tert-OH is 1. The minimum Gasteiger partial charge on any atom is -0.455 e. The number of fused-ring (bicyclic) bond motifs is 1. The number of furan rings is 1. The van der Waals surface area contributed by atoms with E-state index in [1.807, 2.05) is 31.2 Å². The maximum atomic E-state index is 10.1. The third-order valence-electron chi connectivity index (χ3n) is 3.68. The number of ether oxygens (including phenoxy) is 1. The lowest BCUT2D eigenvalue weighted by atomic mass is 10.1. The summed E-state index contributed by atoms with van der Waals surface area (Å²) in [6.07, 6.45) is -1.00. The van der Waals surface area contributed by atoms with Crippen LogP contribution in [0, 0.1) is 6.92 Å². The largest absolute Gasteiger partial charge is 0.455 e. The second-order valence-corrected chi connectivity index (χ2v) is 4.84. The van der Waals surface area contributed by atoms with Gasteiger partial charge in [-0.05, 0) is 26.1 Å². The molecule has 0 saturated carbocycles. The first-order valence-corrected chi connectivity index (χ1v) is 7.17. The molecule has 0 aliphatic heterocycles. The molecular weight excluding hydrogens is 254 g/mol. The minimum atomic E-state index is -1.00. The van der Waals surface area contributed by atoms with Gasteiger partial charge in [0, 0.05) is 17.5 Å². The van der Waals surface area contributed by atoms with Crippen LogP contribution in [0.2, 0.25) is 0 Å². The van der Waals surface area contributed by atoms with Crippen LogP contribution in [0.25, 0.3) is 11.0 Å². The second-order valence-electron chi connectivity index (χ2n) is 4.84. The predicted molar refractivity (Wildman–Crippen MR) is 79.7 cm³/mol. The molecule has 0 aliphatic carbocycles. The summed E-state index contributed by atoms with van der Waals surface area (Å²) in [5.41, 5.74) is 1.72. The van der Waals surface area contributed by atoms with Gasteiger partial charge in [0.1, 0.15) is 5.58 Å². The van der Waals surface area contributed by atoms with Gasteiger partial charge in [-0.25, -0.2) is 0 Å². The Hall–Kier alpha value is -1.36. The summed E-state index contributed by atoms with van der Waals surface area (Å²) in [5, 5.41) is 11.1. The van der Waals surface area contributed by atoms with Gasteiger partial charge < -0.3 is 19.2 Å². The van der Waals surface area contributed by atoms with E-state index in [0.717, 1.165) is 36.2 Å². The van der Waals surface area contributed by atoms with Crippen molar-refractivity contribution < 1.29 is 14.3 Å². The standard InChI is InChI=1S/C16H23NO3/c1-4-17(5-2)10-11-19-16(18)15-12(3)13-8-6-7-9-14(13)20-15/h6-9,16,18H,4-5,10-11H2,1-3H3. The Morgan fingerprint density at radius 2 is 1.95 bits per heavy atom. The number of rotatable bonds is 7. The van der Waals surface area contributed by atoms with E-state index in [0.29, 0.717) is 12.4 Å². The fourth-order valence-electron chi connectivity index (χ4n) is 2.34. The third-order valence-corrected chi connectivity index (χ3v) is 3.68. The van der Waals surface area contributed by atoms with Crippen LogP contribution in [-0.4, -0.2) is 36.2 Å². The molecule has 110 valence electrons. The monoisotopic (exact) mass is 277 g/mol. The molecule has 1 N–H and O–H groups in total. The van der Waals surface area contributed by atoms with Crippen LogP contribution in [0.15, 0.2) is 28.7 Å². The van der Waals surface area contributed by atoms with E-state index >= 15 is 0 Å². The van der Waals surface area contributed by atoms with Crippen molar-refractivity contribution in [3.05, 3.63) is 35.6 Å². The van der Waals surface area contributed by atoms with Crippen LogP contribution in [0.3, 0.4) is 0 Å². The Morgan fingerprint density at radius 3 is 2.60 bits per heavy atom. The fraction of sp³-hybridized carbons (Fsp3) is 0.500. The molecule has 4 nitrogen and oxygen atoms in total. The van der Waals surface area contributed by atoms with Crippen LogP contribution < -0.4 is 0 Å². The molecule has 0 amide bonds. The van der Waals surface area contributed by atoms with Gasteiger partial charge in [-0.15, -0.1) is 0 Å². The van der Waals surface area contributed by atoms with Gasteiger partial charge in [-0.1, -0.05) is 32.0 Å². The number of para-hydroxylation sites is 1. The van der Waals surface area contributed by atoms with Gasteiger partial charge in [0.2, 0.25) is 6.29 Å². The summed E-state index contributed by atoms with van der Waals surface area (Å²) in [7, 11) is 0. The van der Waals surface area contributed by atoms with Crippen molar-refractivity contribution in [1.29, 1.82) is 0 Å². The van der Waals surface area contributed by atoms with Crippen LogP contribution >= 0.6 is 0 Å². The van der Waals surface area contributed by atoms with Crippen LogP contribution in [0.1, 0.15) is 31.5 Å². The summed E-state index contributed by atoms with van der Waals surface area (Å²) in [6.45, 7) is 9.44. The van der Waals surface area contributed by atoms with E-state index in [9.17, 15) is 5.11 Å². The molecule has 0 fully saturated rings. The minimum absolute atomic E-state index is 0.485. The van der Waals surface area contributed by atoms with E-state index < -0.39 is 6.29 Å². The number of aliphatic hydroxyl groups is 1. The SMILES string of the molecule is CCN(CC)CCOC(O)c1oc2ccccc2c1C. The summed E-state index contributed by atoms with van der Waals surface area (Å²) in [5.74, 6) is 0.505. The highest BCUT2D eigenvalue weighted by Gasteiger charge is 2.18. The number of hydrogen-bond donors (Lipinski definition) is 1. The van der Waals surface area contributed by atoms with Gasteiger partial charge in [0.05, 0.1) is 6.61 Å². The number of hydrogen-bond acceptors (Lipinski definition) is 4. The Bertz CT molecular complexity index is 546. The molecule has 0 aliphatic rings. The maximum absolute atomic E-state index is 10.1. The lowest BCUT2D eigenvalue weighted by molar-refractivity contribution is -0.117. The van der Waals surface area contributed by atoms with E-state index in [1.165, 1.54) is 0 Å². The molecule has 1 aromatic carbocycles. The Balaban J connectivity index is 2.00. The summed E-state index contributed by atoms with van der Waals surface area (Å²) < 4.78 is 11.2. The zero-order valence-corrected chi connectivity index (χ0v) is 12.4. The van der Waals surface area contributed by atoms with Crippen LogP contribution in [-0.2, 0) is 4.74 Å². The molecule has 0 spiro atoms. The van der Waals surface area contributed by atoms with E-state index in [-0.39, 0.29) is 0 Å². The molecule has 0 saturated heterocycles. The smallest absolute Gasteiger partial charge is 0.215 e. The van der Waals surface area contributed by atoms with Gasteiger partial charge in [-0.2, -0.15) is 0 Å². The van der Waals surface area contributed by atoms with Crippen LogP contribution in [0.5, 0.6) is 0 Å². The fourth-order valence-corrected chi connectivity index (χ4v) is 2.34. The molecule has 4 heteroatoms. The first-order valence-electron chi connectivity index (χ1n) is 7.17. The molecule has 0 radical (unpaired) electrons. The maximum Gasteiger partial charge on any atom is 0.215 e. The third kappa shape index (κ3) is 3.20.